The second-order valence-electron chi connectivity index (χ2n) is 3.36. The largest absolute Gasteiger partial charge is 0.385 e. The normalized spacial score (nSPS) is 12.4. The molecule has 76 valence electrons. The number of benzene rings is 1. The first-order chi connectivity index (χ1) is 6.74. The van der Waals surface area contributed by atoms with Gasteiger partial charge in [-0.05, 0) is 18.4 Å². The molecule has 1 N–H and O–H groups in total. The minimum Gasteiger partial charge on any atom is -0.385 e. The van der Waals surface area contributed by atoms with E-state index in [2.05, 4.69) is 0 Å². The lowest BCUT2D eigenvalue weighted by molar-refractivity contribution is -0.127. The topological polar surface area (TPSA) is 37.3 Å². The van der Waals surface area contributed by atoms with Gasteiger partial charge in [-0.15, -0.1) is 0 Å². The highest BCUT2D eigenvalue weighted by Crippen LogP contribution is 2.06. The second-order valence-corrected chi connectivity index (χ2v) is 3.36. The van der Waals surface area contributed by atoms with Crippen molar-refractivity contribution in [3.05, 3.63) is 35.9 Å². The molecular formula is C12H16O2. The molecule has 1 aromatic rings. The fourth-order valence-electron chi connectivity index (χ4n) is 1.34. The van der Waals surface area contributed by atoms with Gasteiger partial charge in [0, 0.05) is 6.42 Å². The fourth-order valence-corrected chi connectivity index (χ4v) is 1.34. The molecule has 0 fully saturated rings. The molecule has 0 aliphatic heterocycles. The summed E-state index contributed by atoms with van der Waals surface area (Å²) >= 11 is 0. The lowest BCUT2D eigenvalue weighted by atomic mass is 10.0. The Morgan fingerprint density at radius 2 is 2.00 bits per heavy atom. The first-order valence-corrected chi connectivity index (χ1v) is 4.98. The summed E-state index contributed by atoms with van der Waals surface area (Å²) in [5.74, 6) is -0.0686. The van der Waals surface area contributed by atoms with Gasteiger partial charge in [0.05, 0.1) is 0 Å². The highest BCUT2D eigenvalue weighted by atomic mass is 16.3. The van der Waals surface area contributed by atoms with Crippen LogP contribution in [0.15, 0.2) is 30.3 Å². The van der Waals surface area contributed by atoms with Gasteiger partial charge in [0.2, 0.25) is 0 Å². The Bertz CT molecular complexity index is 280. The summed E-state index contributed by atoms with van der Waals surface area (Å²) in [7, 11) is 0. The van der Waals surface area contributed by atoms with E-state index in [1.54, 1.807) is 6.92 Å². The summed E-state index contributed by atoms with van der Waals surface area (Å²) in [6, 6.07) is 9.89. The first kappa shape index (κ1) is 10.9. The number of ketones is 1. The first-order valence-electron chi connectivity index (χ1n) is 4.98. The minimum absolute atomic E-state index is 0.0686. The average Bonchev–Trinajstić information content (AvgIpc) is 2.26. The molecule has 1 aromatic carbocycles. The number of Topliss-reactive ketones (excluding diaryl/α,β-unsaturated/α-hetero) is 1. The third-order valence-electron chi connectivity index (χ3n) is 2.27. The van der Waals surface area contributed by atoms with Gasteiger partial charge < -0.3 is 5.11 Å². The zero-order chi connectivity index (χ0) is 10.4. The van der Waals surface area contributed by atoms with Gasteiger partial charge in [-0.1, -0.05) is 37.3 Å². The lowest BCUT2D eigenvalue weighted by Crippen LogP contribution is -2.19. The highest BCUT2D eigenvalue weighted by molar-refractivity contribution is 5.82. The molecule has 0 aliphatic rings. The van der Waals surface area contributed by atoms with E-state index in [1.807, 2.05) is 30.3 Å². The quantitative estimate of drug-likeness (QED) is 0.774. The van der Waals surface area contributed by atoms with Crippen molar-refractivity contribution < 1.29 is 9.90 Å². The summed E-state index contributed by atoms with van der Waals surface area (Å²) in [5, 5.41) is 9.43. The predicted molar refractivity (Wildman–Crippen MR) is 56.1 cm³/mol. The molecule has 14 heavy (non-hydrogen) atoms. The number of hydrogen-bond donors (Lipinski definition) is 1. The molecule has 1 unspecified atom stereocenters. The van der Waals surface area contributed by atoms with Crippen LogP contribution in [-0.4, -0.2) is 17.0 Å². The van der Waals surface area contributed by atoms with Crippen LogP contribution in [0.25, 0.3) is 0 Å². The van der Waals surface area contributed by atoms with Crippen LogP contribution in [0.1, 0.15) is 25.3 Å². The third kappa shape index (κ3) is 3.30. The summed E-state index contributed by atoms with van der Waals surface area (Å²) in [4.78, 5) is 11.1. The molecule has 1 atom stereocenters. The zero-order valence-electron chi connectivity index (χ0n) is 8.44. The van der Waals surface area contributed by atoms with E-state index >= 15 is 0 Å². The smallest absolute Gasteiger partial charge is 0.161 e. The van der Waals surface area contributed by atoms with Crippen molar-refractivity contribution in [2.45, 2.75) is 32.3 Å². The van der Waals surface area contributed by atoms with E-state index in [9.17, 15) is 9.90 Å². The van der Waals surface area contributed by atoms with Crippen molar-refractivity contribution in [2.75, 3.05) is 0 Å². The van der Waals surface area contributed by atoms with Gasteiger partial charge in [-0.25, -0.2) is 0 Å². The Kier molecular flexibility index (Phi) is 4.33. The Hall–Kier alpha value is -1.15. The lowest BCUT2D eigenvalue weighted by Gasteiger charge is -2.07. The molecule has 0 amide bonds. The van der Waals surface area contributed by atoms with E-state index in [4.69, 9.17) is 0 Å². The van der Waals surface area contributed by atoms with Gasteiger partial charge in [0.15, 0.2) is 5.78 Å². The van der Waals surface area contributed by atoms with Crippen LogP contribution >= 0.6 is 0 Å². The van der Waals surface area contributed by atoms with Crippen LogP contribution in [0.4, 0.5) is 0 Å². The third-order valence-corrected chi connectivity index (χ3v) is 2.27. The zero-order valence-corrected chi connectivity index (χ0v) is 8.44. The van der Waals surface area contributed by atoms with Gasteiger partial charge in [0.1, 0.15) is 6.10 Å². The molecule has 0 spiro atoms. The second kappa shape index (κ2) is 5.55. The van der Waals surface area contributed by atoms with E-state index in [-0.39, 0.29) is 5.78 Å². The number of aliphatic hydroxyl groups is 1. The minimum atomic E-state index is -0.791. The van der Waals surface area contributed by atoms with Crippen LogP contribution in [0.3, 0.4) is 0 Å². The summed E-state index contributed by atoms with van der Waals surface area (Å²) in [6.07, 6.45) is 0.903. The van der Waals surface area contributed by atoms with E-state index in [0.29, 0.717) is 12.8 Å². The van der Waals surface area contributed by atoms with Gasteiger partial charge >= 0.3 is 0 Å². The predicted octanol–water partition coefficient (Wildman–Crippen LogP) is 1.96. The molecule has 2 nitrogen and oxygen atoms in total. The molecule has 0 radical (unpaired) electrons. The van der Waals surface area contributed by atoms with E-state index in [1.165, 1.54) is 0 Å². The number of carbonyl (C=O) groups is 1. The monoisotopic (exact) mass is 192 g/mol. The van der Waals surface area contributed by atoms with Crippen molar-refractivity contribution in [1.29, 1.82) is 0 Å². The van der Waals surface area contributed by atoms with Crippen LogP contribution in [-0.2, 0) is 11.2 Å². The SMILES string of the molecule is CCC(=O)C(O)CCc1ccccc1. The maximum Gasteiger partial charge on any atom is 0.161 e. The Morgan fingerprint density at radius 3 is 2.57 bits per heavy atom. The van der Waals surface area contributed by atoms with Crippen molar-refractivity contribution >= 4 is 5.78 Å². The molecule has 0 bridgehead atoms. The Balaban J connectivity index is 2.38. The molecule has 1 rings (SSSR count). The molecule has 0 saturated heterocycles. The summed E-state index contributed by atoms with van der Waals surface area (Å²) < 4.78 is 0. The van der Waals surface area contributed by atoms with Gasteiger partial charge in [0.25, 0.3) is 0 Å². The molecule has 0 aliphatic carbocycles. The maximum absolute atomic E-state index is 11.1. The standard InChI is InChI=1S/C12H16O2/c1-2-11(13)12(14)9-8-10-6-4-3-5-7-10/h3-7,12,14H,2,8-9H2,1H3. The summed E-state index contributed by atoms with van der Waals surface area (Å²) in [6.45, 7) is 1.77. The molecule has 0 heterocycles. The number of carbonyl (C=O) groups excluding carboxylic acids is 1. The molecule has 0 aromatic heterocycles. The molecule has 0 saturated carbocycles. The molecular weight excluding hydrogens is 176 g/mol. The number of hydrogen-bond acceptors (Lipinski definition) is 2. The van der Waals surface area contributed by atoms with E-state index in [0.717, 1.165) is 12.0 Å². The fraction of sp³-hybridized carbons (Fsp3) is 0.417. The van der Waals surface area contributed by atoms with Crippen molar-refractivity contribution in [3.63, 3.8) is 0 Å². The van der Waals surface area contributed by atoms with Crippen LogP contribution in [0, 0.1) is 0 Å². The van der Waals surface area contributed by atoms with Crippen LogP contribution in [0.5, 0.6) is 0 Å². The van der Waals surface area contributed by atoms with Crippen LogP contribution < -0.4 is 0 Å². The Labute approximate surface area is 84.6 Å². The number of rotatable bonds is 5. The van der Waals surface area contributed by atoms with Crippen LogP contribution in [0.2, 0.25) is 0 Å². The number of aliphatic hydroxyl groups excluding tert-OH is 1. The Morgan fingerprint density at radius 1 is 1.36 bits per heavy atom. The van der Waals surface area contributed by atoms with Crippen molar-refractivity contribution in [2.24, 2.45) is 0 Å². The van der Waals surface area contributed by atoms with Gasteiger partial charge in [-0.3, -0.25) is 4.79 Å². The average molecular weight is 192 g/mol. The highest BCUT2D eigenvalue weighted by Gasteiger charge is 2.11. The van der Waals surface area contributed by atoms with Crippen molar-refractivity contribution in [1.82, 2.24) is 0 Å². The van der Waals surface area contributed by atoms with Gasteiger partial charge in [-0.2, -0.15) is 0 Å². The van der Waals surface area contributed by atoms with E-state index < -0.39 is 6.10 Å². The van der Waals surface area contributed by atoms with Crippen molar-refractivity contribution in [3.8, 4) is 0 Å². The number of aryl methyl sites for hydroxylation is 1. The summed E-state index contributed by atoms with van der Waals surface area (Å²) in [5.41, 5.74) is 1.16. The molecule has 2 heteroatoms. The maximum atomic E-state index is 11.1.